The number of benzene rings is 1. The maximum atomic E-state index is 5.80. The van der Waals surface area contributed by atoms with Crippen LogP contribution >= 0.6 is 0 Å². The Bertz CT molecular complexity index is 585. The first-order valence-electron chi connectivity index (χ1n) is 6.75. The molecule has 2 atom stereocenters. The number of fused-ring (bicyclic) bond motifs is 1. The van der Waals surface area contributed by atoms with Crippen LogP contribution < -0.4 is 11.1 Å². The fraction of sp³-hybridized carbons (Fsp3) is 0.400. The molecule has 0 amide bonds. The third-order valence-electron chi connectivity index (χ3n) is 3.61. The Morgan fingerprint density at radius 2 is 2.26 bits per heavy atom. The molecule has 4 nitrogen and oxygen atoms in total. The van der Waals surface area contributed by atoms with Crippen molar-refractivity contribution in [1.29, 1.82) is 0 Å². The minimum atomic E-state index is 0.329. The molecule has 0 aliphatic carbocycles. The molecule has 19 heavy (non-hydrogen) atoms. The van der Waals surface area contributed by atoms with Gasteiger partial charge in [0.25, 0.3) is 0 Å². The zero-order valence-electron chi connectivity index (χ0n) is 11.1. The van der Waals surface area contributed by atoms with Crippen molar-refractivity contribution in [3.05, 3.63) is 30.5 Å². The van der Waals surface area contributed by atoms with Crippen LogP contribution in [0.5, 0.6) is 0 Å². The summed E-state index contributed by atoms with van der Waals surface area (Å²) in [5.41, 5.74) is 8.61. The fourth-order valence-electron chi connectivity index (χ4n) is 2.64. The molecule has 1 aromatic carbocycles. The molecule has 0 bridgehead atoms. The van der Waals surface area contributed by atoms with Crippen molar-refractivity contribution in [2.75, 3.05) is 17.7 Å². The summed E-state index contributed by atoms with van der Waals surface area (Å²) in [7, 11) is 0. The van der Waals surface area contributed by atoms with E-state index in [1.165, 1.54) is 0 Å². The molecule has 1 fully saturated rings. The predicted molar refractivity (Wildman–Crippen MR) is 78.2 cm³/mol. The number of hydrogen-bond acceptors (Lipinski definition) is 4. The van der Waals surface area contributed by atoms with E-state index in [1.54, 1.807) is 0 Å². The maximum absolute atomic E-state index is 5.80. The van der Waals surface area contributed by atoms with Crippen LogP contribution in [0.25, 0.3) is 10.9 Å². The molecule has 0 saturated carbocycles. The molecular weight excluding hydrogens is 238 g/mol. The topological polar surface area (TPSA) is 60.2 Å². The highest BCUT2D eigenvalue weighted by Crippen LogP contribution is 2.26. The summed E-state index contributed by atoms with van der Waals surface area (Å²) in [5.74, 6) is 0. The molecular formula is C15H19N3O. The van der Waals surface area contributed by atoms with Gasteiger partial charge in [-0.25, -0.2) is 0 Å². The highest BCUT2D eigenvalue weighted by molar-refractivity contribution is 5.92. The molecule has 0 radical (unpaired) electrons. The Labute approximate surface area is 113 Å². The van der Waals surface area contributed by atoms with Gasteiger partial charge in [0.15, 0.2) is 0 Å². The average molecular weight is 257 g/mol. The summed E-state index contributed by atoms with van der Waals surface area (Å²) < 4.78 is 5.58. The summed E-state index contributed by atoms with van der Waals surface area (Å²) in [6, 6.07) is 8.35. The fourth-order valence-corrected chi connectivity index (χ4v) is 2.64. The summed E-state index contributed by atoms with van der Waals surface area (Å²) in [4.78, 5) is 4.37. The van der Waals surface area contributed by atoms with E-state index in [2.05, 4.69) is 17.2 Å². The molecule has 2 heterocycles. The van der Waals surface area contributed by atoms with Crippen LogP contribution in [-0.2, 0) is 4.74 Å². The second-order valence-electron chi connectivity index (χ2n) is 5.18. The van der Waals surface area contributed by atoms with Crippen molar-refractivity contribution < 1.29 is 4.74 Å². The van der Waals surface area contributed by atoms with E-state index >= 15 is 0 Å². The van der Waals surface area contributed by atoms with Crippen LogP contribution in [0.3, 0.4) is 0 Å². The van der Waals surface area contributed by atoms with Crippen LogP contribution in [0.1, 0.15) is 19.8 Å². The lowest BCUT2D eigenvalue weighted by Crippen LogP contribution is -2.32. The molecule has 3 rings (SSSR count). The van der Waals surface area contributed by atoms with Crippen LogP contribution in [0, 0.1) is 0 Å². The molecule has 4 heteroatoms. The van der Waals surface area contributed by atoms with E-state index in [1.807, 2.05) is 30.5 Å². The van der Waals surface area contributed by atoms with Gasteiger partial charge < -0.3 is 15.8 Å². The maximum Gasteiger partial charge on any atom is 0.0743 e. The number of ether oxygens (including phenoxy) is 1. The first-order chi connectivity index (χ1) is 9.22. The summed E-state index contributed by atoms with van der Waals surface area (Å²) >= 11 is 0. The highest BCUT2D eigenvalue weighted by atomic mass is 16.5. The van der Waals surface area contributed by atoms with Crippen molar-refractivity contribution in [3.63, 3.8) is 0 Å². The molecule has 2 aromatic rings. The van der Waals surface area contributed by atoms with Gasteiger partial charge in [0.2, 0.25) is 0 Å². The van der Waals surface area contributed by atoms with Crippen molar-refractivity contribution in [3.8, 4) is 0 Å². The largest absolute Gasteiger partial charge is 0.399 e. The number of anilines is 2. The minimum Gasteiger partial charge on any atom is -0.399 e. The number of aromatic nitrogens is 1. The first-order valence-corrected chi connectivity index (χ1v) is 6.75. The van der Waals surface area contributed by atoms with Crippen LogP contribution in [0.15, 0.2) is 30.5 Å². The number of nitrogens with one attached hydrogen (secondary N) is 1. The third kappa shape index (κ3) is 2.63. The van der Waals surface area contributed by atoms with E-state index in [9.17, 15) is 0 Å². The Hall–Kier alpha value is -1.81. The standard InChI is InChI=1S/C15H19N3O/c1-10-8-12(5-7-19-10)18-14-4-6-17-15-9-11(16)2-3-13(14)15/h2-4,6,9-10,12H,5,7-8,16H2,1H3,(H,17,18). The second-order valence-corrected chi connectivity index (χ2v) is 5.18. The van der Waals surface area contributed by atoms with Crippen LogP contribution in [0.2, 0.25) is 0 Å². The van der Waals surface area contributed by atoms with E-state index in [0.717, 1.165) is 41.7 Å². The molecule has 1 aromatic heterocycles. The number of hydrogen-bond donors (Lipinski definition) is 2. The number of nitrogens with two attached hydrogens (primary N) is 1. The lowest BCUT2D eigenvalue weighted by molar-refractivity contribution is 0.0232. The van der Waals surface area contributed by atoms with E-state index in [-0.39, 0.29) is 0 Å². The van der Waals surface area contributed by atoms with E-state index in [0.29, 0.717) is 12.1 Å². The summed E-state index contributed by atoms with van der Waals surface area (Å²) in [5, 5.41) is 4.73. The highest BCUT2D eigenvalue weighted by Gasteiger charge is 2.19. The van der Waals surface area contributed by atoms with Crippen LogP contribution in [-0.4, -0.2) is 23.7 Å². The predicted octanol–water partition coefficient (Wildman–Crippen LogP) is 2.80. The monoisotopic (exact) mass is 257 g/mol. The molecule has 2 unspecified atom stereocenters. The van der Waals surface area contributed by atoms with Crippen LogP contribution in [0.4, 0.5) is 11.4 Å². The lowest BCUT2D eigenvalue weighted by atomic mass is 10.0. The summed E-state index contributed by atoms with van der Waals surface area (Å²) in [6.07, 6.45) is 4.24. The Kier molecular flexibility index (Phi) is 3.25. The van der Waals surface area contributed by atoms with E-state index in [4.69, 9.17) is 10.5 Å². The molecule has 100 valence electrons. The number of nitrogens with zero attached hydrogens (tertiary/aromatic N) is 1. The van der Waals surface area contributed by atoms with Gasteiger partial charge in [0.1, 0.15) is 0 Å². The van der Waals surface area contributed by atoms with Crippen molar-refractivity contribution in [1.82, 2.24) is 4.98 Å². The van der Waals surface area contributed by atoms with Gasteiger partial charge in [-0.3, -0.25) is 4.98 Å². The molecule has 0 spiro atoms. The third-order valence-corrected chi connectivity index (χ3v) is 3.61. The van der Waals surface area contributed by atoms with Gasteiger partial charge >= 0.3 is 0 Å². The molecule has 1 aliphatic heterocycles. The number of rotatable bonds is 2. The molecule has 1 aliphatic rings. The quantitative estimate of drug-likeness (QED) is 0.812. The lowest BCUT2D eigenvalue weighted by Gasteiger charge is -2.29. The molecule has 3 N–H and O–H groups in total. The van der Waals surface area contributed by atoms with E-state index < -0.39 is 0 Å². The first kappa shape index (κ1) is 12.2. The Morgan fingerprint density at radius 1 is 1.37 bits per heavy atom. The normalized spacial score (nSPS) is 23.4. The van der Waals surface area contributed by atoms with Gasteiger partial charge in [0, 0.05) is 35.6 Å². The smallest absolute Gasteiger partial charge is 0.0743 e. The van der Waals surface area contributed by atoms with Gasteiger partial charge in [0.05, 0.1) is 11.6 Å². The summed E-state index contributed by atoms with van der Waals surface area (Å²) in [6.45, 7) is 2.95. The molecule has 1 saturated heterocycles. The van der Waals surface area contributed by atoms with Gasteiger partial charge in [-0.2, -0.15) is 0 Å². The van der Waals surface area contributed by atoms with Gasteiger partial charge in [-0.15, -0.1) is 0 Å². The van der Waals surface area contributed by atoms with Gasteiger partial charge in [-0.05, 0) is 44.0 Å². The Morgan fingerprint density at radius 3 is 3.11 bits per heavy atom. The van der Waals surface area contributed by atoms with Crippen molar-refractivity contribution in [2.24, 2.45) is 0 Å². The second kappa shape index (κ2) is 5.05. The minimum absolute atomic E-state index is 0.329. The van der Waals surface area contributed by atoms with Gasteiger partial charge in [-0.1, -0.05) is 0 Å². The van der Waals surface area contributed by atoms with Crippen molar-refractivity contribution in [2.45, 2.75) is 31.9 Å². The average Bonchev–Trinajstić information content (AvgIpc) is 2.38. The number of nitrogen functional groups attached to an aromatic ring is 1. The van der Waals surface area contributed by atoms with Crippen molar-refractivity contribution >= 4 is 22.3 Å². The zero-order valence-corrected chi connectivity index (χ0v) is 11.1. The SMILES string of the molecule is CC1CC(Nc2ccnc3cc(N)ccc23)CCO1. The zero-order chi connectivity index (χ0) is 13.2. The Balaban J connectivity index is 1.88. The number of pyridine rings is 1.